The van der Waals surface area contributed by atoms with E-state index in [1.54, 1.807) is 0 Å². The molecule has 2 aliphatic rings. The molecule has 2 saturated heterocycles. The minimum Gasteiger partial charge on any atom is -0.342 e. The quantitative estimate of drug-likeness (QED) is 0.500. The molecule has 0 aliphatic carbocycles. The van der Waals surface area contributed by atoms with Gasteiger partial charge in [-0.3, -0.25) is 9.69 Å². The maximum Gasteiger partial charge on any atom is 0.225 e. The summed E-state index contributed by atoms with van der Waals surface area (Å²) in [4.78, 5) is 34.1. The number of hydrogen-bond acceptors (Lipinski definition) is 4. The molecule has 4 aromatic rings. The number of hydrogen-bond donors (Lipinski definition) is 2. The Kier molecular flexibility index (Phi) is 5.34. The molecule has 4 heterocycles. The van der Waals surface area contributed by atoms with E-state index in [4.69, 9.17) is 9.97 Å². The lowest BCUT2D eigenvalue weighted by Crippen LogP contribution is -2.45. The number of imidazole rings is 2. The maximum absolute atomic E-state index is 13.2. The van der Waals surface area contributed by atoms with Gasteiger partial charge in [-0.25, -0.2) is 9.97 Å². The standard InChI is InChI=1S/C26H30N6O/c33-26(32-15-11-18(12-16-32)25-29-22-7-3-4-8-23(22)30-25)19-9-13-31(14-10-19)17-24-27-20-5-1-2-6-21(20)28-24/h1-8,18-19H,9-17H2,(H,27,28)(H,29,30). The number of amides is 1. The largest absolute Gasteiger partial charge is 0.342 e. The number of rotatable bonds is 4. The summed E-state index contributed by atoms with van der Waals surface area (Å²) in [7, 11) is 0. The van der Waals surface area contributed by atoms with Crippen LogP contribution in [0.1, 0.15) is 43.3 Å². The molecule has 1 amide bonds. The number of nitrogens with one attached hydrogen (secondary N) is 2. The molecule has 2 aromatic carbocycles. The number of fused-ring (bicyclic) bond motifs is 2. The molecule has 0 bridgehead atoms. The van der Waals surface area contributed by atoms with E-state index in [-0.39, 0.29) is 5.92 Å². The van der Waals surface area contributed by atoms with Gasteiger partial charge >= 0.3 is 0 Å². The van der Waals surface area contributed by atoms with Crippen molar-refractivity contribution in [1.29, 1.82) is 0 Å². The number of likely N-dealkylation sites (tertiary alicyclic amines) is 2. The molecule has 7 nitrogen and oxygen atoms in total. The first-order valence-corrected chi connectivity index (χ1v) is 12.1. The molecule has 2 fully saturated rings. The highest BCUT2D eigenvalue weighted by Crippen LogP contribution is 2.30. The van der Waals surface area contributed by atoms with Crippen LogP contribution in [0.4, 0.5) is 0 Å². The van der Waals surface area contributed by atoms with Crippen molar-refractivity contribution in [3.8, 4) is 0 Å². The van der Waals surface area contributed by atoms with Gasteiger partial charge in [-0.2, -0.15) is 0 Å². The Bertz CT molecular complexity index is 1190. The molecule has 0 atom stereocenters. The van der Waals surface area contributed by atoms with Crippen molar-refractivity contribution in [2.45, 2.75) is 38.1 Å². The molecule has 0 spiro atoms. The van der Waals surface area contributed by atoms with E-state index in [0.29, 0.717) is 11.8 Å². The van der Waals surface area contributed by atoms with E-state index in [2.05, 4.69) is 38.0 Å². The van der Waals surface area contributed by atoms with E-state index < -0.39 is 0 Å². The first kappa shape index (κ1) is 20.4. The average Bonchev–Trinajstić information content (AvgIpc) is 3.48. The van der Waals surface area contributed by atoms with Crippen LogP contribution >= 0.6 is 0 Å². The molecule has 2 N–H and O–H groups in total. The lowest BCUT2D eigenvalue weighted by Gasteiger charge is -2.36. The highest BCUT2D eigenvalue weighted by Gasteiger charge is 2.32. The zero-order valence-electron chi connectivity index (χ0n) is 18.8. The van der Waals surface area contributed by atoms with Gasteiger partial charge in [0.05, 0.1) is 28.6 Å². The second-order valence-corrected chi connectivity index (χ2v) is 9.49. The number of carbonyl (C=O) groups is 1. The van der Waals surface area contributed by atoms with Crippen LogP contribution in [0.15, 0.2) is 48.5 Å². The average molecular weight is 443 g/mol. The fourth-order valence-electron chi connectivity index (χ4n) is 5.43. The Morgan fingerprint density at radius 3 is 2.12 bits per heavy atom. The minimum atomic E-state index is 0.152. The number of para-hydroxylation sites is 4. The molecule has 2 aromatic heterocycles. The van der Waals surface area contributed by atoms with E-state index in [1.165, 1.54) is 0 Å². The summed E-state index contributed by atoms with van der Waals surface area (Å²) in [5, 5.41) is 0. The predicted molar refractivity (Wildman–Crippen MR) is 129 cm³/mol. The van der Waals surface area contributed by atoms with Crippen molar-refractivity contribution in [2.75, 3.05) is 26.2 Å². The Balaban J connectivity index is 1.01. The number of H-pyrrole nitrogens is 2. The summed E-state index contributed by atoms with van der Waals surface area (Å²) in [6, 6.07) is 16.3. The van der Waals surface area contributed by atoms with Gasteiger partial charge in [0.2, 0.25) is 5.91 Å². The summed E-state index contributed by atoms with van der Waals surface area (Å²) in [5.74, 6) is 2.99. The van der Waals surface area contributed by atoms with Crippen LogP contribution in [0.5, 0.6) is 0 Å². The second-order valence-electron chi connectivity index (χ2n) is 9.49. The van der Waals surface area contributed by atoms with Crippen LogP contribution in [0, 0.1) is 5.92 Å². The Hall–Kier alpha value is -3.19. The van der Waals surface area contributed by atoms with Crippen molar-refractivity contribution in [3.63, 3.8) is 0 Å². The summed E-state index contributed by atoms with van der Waals surface area (Å²) >= 11 is 0. The highest BCUT2D eigenvalue weighted by molar-refractivity contribution is 5.79. The zero-order valence-corrected chi connectivity index (χ0v) is 18.8. The number of carbonyl (C=O) groups excluding carboxylic acids is 1. The number of aromatic nitrogens is 4. The van der Waals surface area contributed by atoms with E-state index in [1.807, 2.05) is 30.3 Å². The lowest BCUT2D eigenvalue weighted by molar-refractivity contribution is -0.138. The number of nitrogens with zero attached hydrogens (tertiary/aromatic N) is 4. The third kappa shape index (κ3) is 4.13. The van der Waals surface area contributed by atoms with Crippen molar-refractivity contribution < 1.29 is 4.79 Å². The van der Waals surface area contributed by atoms with E-state index in [0.717, 1.165) is 92.1 Å². The minimum absolute atomic E-state index is 0.152. The van der Waals surface area contributed by atoms with Crippen molar-refractivity contribution in [2.24, 2.45) is 5.92 Å². The Labute approximate surface area is 193 Å². The first-order chi connectivity index (χ1) is 16.2. The van der Waals surface area contributed by atoms with Crippen molar-refractivity contribution >= 4 is 28.0 Å². The fraction of sp³-hybridized carbons (Fsp3) is 0.423. The van der Waals surface area contributed by atoms with Crippen LogP contribution in [0.2, 0.25) is 0 Å². The van der Waals surface area contributed by atoms with Gasteiger partial charge in [-0.15, -0.1) is 0 Å². The monoisotopic (exact) mass is 442 g/mol. The molecule has 0 unspecified atom stereocenters. The van der Waals surface area contributed by atoms with Gasteiger partial charge in [0.15, 0.2) is 0 Å². The zero-order chi connectivity index (χ0) is 22.2. The fourth-order valence-corrected chi connectivity index (χ4v) is 5.43. The first-order valence-electron chi connectivity index (χ1n) is 12.1. The van der Waals surface area contributed by atoms with Gasteiger partial charge in [-0.1, -0.05) is 24.3 Å². The topological polar surface area (TPSA) is 80.9 Å². The molecule has 2 aliphatic heterocycles. The van der Waals surface area contributed by atoms with Crippen LogP contribution in [-0.4, -0.2) is 61.8 Å². The van der Waals surface area contributed by atoms with Crippen LogP contribution in [-0.2, 0) is 11.3 Å². The number of piperidine rings is 2. The van der Waals surface area contributed by atoms with E-state index in [9.17, 15) is 4.79 Å². The number of aromatic amines is 2. The third-order valence-corrected chi connectivity index (χ3v) is 7.35. The smallest absolute Gasteiger partial charge is 0.225 e. The molecule has 7 heteroatoms. The normalized spacial score (nSPS) is 19.0. The molecule has 170 valence electrons. The summed E-state index contributed by atoms with van der Waals surface area (Å²) in [6.07, 6.45) is 3.83. The number of benzene rings is 2. The van der Waals surface area contributed by atoms with Gasteiger partial charge in [0.1, 0.15) is 11.6 Å². The van der Waals surface area contributed by atoms with E-state index >= 15 is 0 Å². The van der Waals surface area contributed by atoms with Crippen molar-refractivity contribution in [3.05, 3.63) is 60.2 Å². The maximum atomic E-state index is 13.2. The predicted octanol–water partition coefficient (Wildman–Crippen LogP) is 4.06. The van der Waals surface area contributed by atoms with Gasteiger partial charge in [0.25, 0.3) is 0 Å². The van der Waals surface area contributed by atoms with Gasteiger partial charge in [-0.05, 0) is 63.0 Å². The summed E-state index contributed by atoms with van der Waals surface area (Å²) in [5.41, 5.74) is 4.23. The lowest BCUT2D eigenvalue weighted by atomic mass is 9.91. The van der Waals surface area contributed by atoms with Crippen LogP contribution < -0.4 is 0 Å². The summed E-state index contributed by atoms with van der Waals surface area (Å²) in [6.45, 7) is 4.38. The van der Waals surface area contributed by atoms with Gasteiger partial charge < -0.3 is 14.9 Å². The molecule has 6 rings (SSSR count). The Morgan fingerprint density at radius 1 is 0.818 bits per heavy atom. The summed E-state index contributed by atoms with van der Waals surface area (Å²) < 4.78 is 0. The van der Waals surface area contributed by atoms with Crippen LogP contribution in [0.25, 0.3) is 22.1 Å². The van der Waals surface area contributed by atoms with Gasteiger partial charge in [0, 0.05) is 24.9 Å². The molecule has 0 radical (unpaired) electrons. The molecular weight excluding hydrogens is 412 g/mol. The molecule has 0 saturated carbocycles. The van der Waals surface area contributed by atoms with Crippen LogP contribution in [0.3, 0.4) is 0 Å². The highest BCUT2D eigenvalue weighted by atomic mass is 16.2. The second kappa shape index (κ2) is 8.63. The Morgan fingerprint density at radius 2 is 1.45 bits per heavy atom. The third-order valence-electron chi connectivity index (χ3n) is 7.35. The molecule has 33 heavy (non-hydrogen) atoms. The molecular formula is C26H30N6O. The SMILES string of the molecule is O=C(C1CCN(Cc2nc3ccccc3[nH]2)CC1)N1CCC(c2nc3ccccc3[nH]2)CC1. The van der Waals surface area contributed by atoms with Crippen molar-refractivity contribution in [1.82, 2.24) is 29.7 Å².